The van der Waals surface area contributed by atoms with Crippen LogP contribution in [0.5, 0.6) is 17.2 Å². The number of nitrogens with one attached hydrogen (secondary N) is 1. The van der Waals surface area contributed by atoms with Gasteiger partial charge in [0, 0.05) is 12.1 Å². The minimum Gasteiger partial charge on any atom is -0.493 e. The molecule has 0 spiro atoms. The predicted molar refractivity (Wildman–Crippen MR) is 114 cm³/mol. The van der Waals surface area contributed by atoms with Crippen molar-refractivity contribution in [2.75, 3.05) is 13.7 Å². The van der Waals surface area contributed by atoms with Crippen molar-refractivity contribution < 1.29 is 19.0 Å². The Kier molecular flexibility index (Phi) is 8.64. The fourth-order valence-corrected chi connectivity index (χ4v) is 3.02. The van der Waals surface area contributed by atoms with Gasteiger partial charge in [-0.3, -0.25) is 4.79 Å². The van der Waals surface area contributed by atoms with Crippen molar-refractivity contribution in [1.82, 2.24) is 5.32 Å². The van der Waals surface area contributed by atoms with Gasteiger partial charge in [0.15, 0.2) is 11.5 Å². The second-order valence-electron chi connectivity index (χ2n) is 6.68. The van der Waals surface area contributed by atoms with Crippen LogP contribution < -0.4 is 19.5 Å². The quantitative estimate of drug-likeness (QED) is 0.496. The van der Waals surface area contributed by atoms with Crippen molar-refractivity contribution in [1.29, 1.82) is 0 Å². The van der Waals surface area contributed by atoms with E-state index in [9.17, 15) is 4.79 Å². The third-order valence-electron chi connectivity index (χ3n) is 3.99. The van der Waals surface area contributed by atoms with E-state index in [2.05, 4.69) is 28.2 Å². The molecule has 0 aliphatic rings. The van der Waals surface area contributed by atoms with Crippen molar-refractivity contribution in [3.05, 3.63) is 52.0 Å². The van der Waals surface area contributed by atoms with Gasteiger partial charge in [-0.2, -0.15) is 0 Å². The van der Waals surface area contributed by atoms with E-state index in [1.807, 2.05) is 32.0 Å². The maximum absolute atomic E-state index is 12.5. The van der Waals surface area contributed by atoms with Gasteiger partial charge >= 0.3 is 0 Å². The van der Waals surface area contributed by atoms with Crippen molar-refractivity contribution >= 4 is 21.8 Å². The summed E-state index contributed by atoms with van der Waals surface area (Å²) in [6, 6.07) is 11.0. The molecule has 0 aliphatic carbocycles. The molecule has 0 aliphatic heterocycles. The molecule has 0 saturated carbocycles. The summed E-state index contributed by atoms with van der Waals surface area (Å²) in [5.41, 5.74) is 1.50. The number of unbranched alkanes of at least 4 members (excludes halogenated alkanes) is 1. The average Bonchev–Trinajstić information content (AvgIpc) is 2.68. The molecule has 1 N–H and O–H groups in total. The topological polar surface area (TPSA) is 56.8 Å². The Labute approximate surface area is 175 Å². The lowest BCUT2D eigenvalue weighted by atomic mass is 10.1. The van der Waals surface area contributed by atoms with Gasteiger partial charge in [-0.05, 0) is 72.1 Å². The van der Waals surface area contributed by atoms with Gasteiger partial charge in [0.2, 0.25) is 0 Å². The smallest absolute Gasteiger partial charge is 0.251 e. The lowest BCUT2D eigenvalue weighted by Crippen LogP contribution is -2.22. The average molecular weight is 450 g/mol. The SMILES string of the molecule is CCCCOc1ccc(CNC(=O)c2ccc(OC(C)C)c(Br)c2)cc1OC. The predicted octanol–water partition coefficient (Wildman–Crippen LogP) is 5.35. The molecular formula is C22H28BrNO4. The Hall–Kier alpha value is -2.21. The third kappa shape index (κ3) is 6.44. The lowest BCUT2D eigenvalue weighted by Gasteiger charge is -2.13. The third-order valence-corrected chi connectivity index (χ3v) is 4.61. The van der Waals surface area contributed by atoms with E-state index in [-0.39, 0.29) is 12.0 Å². The minimum absolute atomic E-state index is 0.0693. The Bertz CT molecular complexity index is 792. The Balaban J connectivity index is 1.99. The maximum atomic E-state index is 12.5. The van der Waals surface area contributed by atoms with Crippen LogP contribution >= 0.6 is 15.9 Å². The number of amides is 1. The Morgan fingerprint density at radius 3 is 2.50 bits per heavy atom. The van der Waals surface area contributed by atoms with Gasteiger partial charge in [-0.15, -0.1) is 0 Å². The van der Waals surface area contributed by atoms with E-state index in [1.165, 1.54) is 0 Å². The molecule has 2 aromatic rings. The van der Waals surface area contributed by atoms with E-state index in [1.54, 1.807) is 25.3 Å². The summed E-state index contributed by atoms with van der Waals surface area (Å²) >= 11 is 3.46. The molecule has 0 unspecified atom stereocenters. The van der Waals surface area contributed by atoms with Crippen LogP contribution in [0.3, 0.4) is 0 Å². The number of ether oxygens (including phenoxy) is 3. The van der Waals surface area contributed by atoms with E-state index in [0.717, 1.165) is 34.4 Å². The van der Waals surface area contributed by atoms with Gasteiger partial charge in [0.1, 0.15) is 5.75 Å². The number of carbonyl (C=O) groups excluding carboxylic acids is 1. The highest BCUT2D eigenvalue weighted by Crippen LogP contribution is 2.29. The summed E-state index contributed by atoms with van der Waals surface area (Å²) < 4.78 is 17.6. The van der Waals surface area contributed by atoms with Crippen LogP contribution in [0.4, 0.5) is 0 Å². The summed E-state index contributed by atoms with van der Waals surface area (Å²) in [4.78, 5) is 12.5. The van der Waals surface area contributed by atoms with Crippen LogP contribution in [-0.2, 0) is 6.54 Å². The molecule has 5 nitrogen and oxygen atoms in total. The highest BCUT2D eigenvalue weighted by molar-refractivity contribution is 9.10. The monoisotopic (exact) mass is 449 g/mol. The second kappa shape index (κ2) is 11.0. The Morgan fingerprint density at radius 1 is 1.11 bits per heavy atom. The van der Waals surface area contributed by atoms with E-state index in [4.69, 9.17) is 14.2 Å². The lowest BCUT2D eigenvalue weighted by molar-refractivity contribution is 0.0950. The molecule has 2 aromatic carbocycles. The van der Waals surface area contributed by atoms with E-state index in [0.29, 0.717) is 24.5 Å². The molecule has 0 bridgehead atoms. The molecule has 0 fully saturated rings. The zero-order valence-electron chi connectivity index (χ0n) is 16.9. The highest BCUT2D eigenvalue weighted by atomic mass is 79.9. The van der Waals surface area contributed by atoms with Gasteiger partial charge in [-0.1, -0.05) is 19.4 Å². The van der Waals surface area contributed by atoms with Crippen molar-refractivity contribution in [3.8, 4) is 17.2 Å². The first kappa shape index (κ1) is 22.1. The Morgan fingerprint density at radius 2 is 1.86 bits per heavy atom. The molecule has 152 valence electrons. The van der Waals surface area contributed by atoms with E-state index < -0.39 is 0 Å². The summed E-state index contributed by atoms with van der Waals surface area (Å²) in [7, 11) is 1.61. The molecule has 0 atom stereocenters. The van der Waals surface area contributed by atoms with Crippen molar-refractivity contribution in [2.45, 2.75) is 46.3 Å². The fourth-order valence-electron chi connectivity index (χ4n) is 2.54. The normalized spacial score (nSPS) is 10.6. The van der Waals surface area contributed by atoms with Crippen molar-refractivity contribution in [3.63, 3.8) is 0 Å². The van der Waals surface area contributed by atoms with Gasteiger partial charge in [-0.25, -0.2) is 0 Å². The van der Waals surface area contributed by atoms with Crippen LogP contribution in [0.25, 0.3) is 0 Å². The van der Waals surface area contributed by atoms with Crippen LogP contribution in [-0.4, -0.2) is 25.7 Å². The number of rotatable bonds is 10. The van der Waals surface area contributed by atoms with Crippen LogP contribution in [0.2, 0.25) is 0 Å². The maximum Gasteiger partial charge on any atom is 0.251 e. The molecule has 0 saturated heterocycles. The summed E-state index contributed by atoms with van der Waals surface area (Å²) in [5, 5.41) is 2.93. The summed E-state index contributed by atoms with van der Waals surface area (Å²) in [5.74, 6) is 1.95. The van der Waals surface area contributed by atoms with E-state index >= 15 is 0 Å². The molecular weight excluding hydrogens is 422 g/mol. The second-order valence-corrected chi connectivity index (χ2v) is 7.54. The molecule has 1 amide bonds. The first-order chi connectivity index (χ1) is 13.4. The van der Waals surface area contributed by atoms with Gasteiger partial charge in [0.25, 0.3) is 5.91 Å². The highest BCUT2D eigenvalue weighted by Gasteiger charge is 2.11. The zero-order chi connectivity index (χ0) is 20.5. The molecule has 0 heterocycles. The molecule has 6 heteroatoms. The number of methoxy groups -OCH3 is 1. The largest absolute Gasteiger partial charge is 0.493 e. The van der Waals surface area contributed by atoms with Crippen LogP contribution in [0.1, 0.15) is 49.5 Å². The molecule has 0 aromatic heterocycles. The first-order valence-corrected chi connectivity index (χ1v) is 10.3. The number of hydrogen-bond donors (Lipinski definition) is 1. The van der Waals surface area contributed by atoms with Crippen molar-refractivity contribution in [2.24, 2.45) is 0 Å². The van der Waals surface area contributed by atoms with Gasteiger partial charge in [0.05, 0.1) is 24.3 Å². The summed E-state index contributed by atoms with van der Waals surface area (Å²) in [6.45, 7) is 7.10. The zero-order valence-corrected chi connectivity index (χ0v) is 18.5. The standard InChI is InChI=1S/C22H28BrNO4/c1-5-6-11-27-20-9-7-16(12-21(20)26-4)14-24-22(25)17-8-10-19(18(23)13-17)28-15(2)3/h7-10,12-13,15H,5-6,11,14H2,1-4H3,(H,24,25). The number of benzene rings is 2. The van der Waals surface area contributed by atoms with Crippen LogP contribution in [0, 0.1) is 0 Å². The molecule has 28 heavy (non-hydrogen) atoms. The molecule has 0 radical (unpaired) electrons. The minimum atomic E-state index is -0.154. The van der Waals surface area contributed by atoms with Crippen LogP contribution in [0.15, 0.2) is 40.9 Å². The number of carbonyl (C=O) groups is 1. The number of halogens is 1. The molecule has 2 rings (SSSR count). The summed E-state index contributed by atoms with van der Waals surface area (Å²) in [6.07, 6.45) is 2.14. The fraction of sp³-hybridized carbons (Fsp3) is 0.409. The first-order valence-electron chi connectivity index (χ1n) is 9.48. The van der Waals surface area contributed by atoms with Gasteiger partial charge < -0.3 is 19.5 Å². The number of hydrogen-bond acceptors (Lipinski definition) is 4.